The second kappa shape index (κ2) is 7.14. The van der Waals surface area contributed by atoms with Crippen molar-refractivity contribution in [2.75, 3.05) is 5.32 Å². The van der Waals surface area contributed by atoms with E-state index in [-0.39, 0.29) is 40.6 Å². The van der Waals surface area contributed by atoms with E-state index in [0.29, 0.717) is 23.6 Å². The predicted molar refractivity (Wildman–Crippen MR) is 98.6 cm³/mol. The molecule has 2 aliphatic heterocycles. The quantitative estimate of drug-likeness (QED) is 0.597. The fourth-order valence-corrected chi connectivity index (χ4v) is 4.17. The zero-order valence-corrected chi connectivity index (χ0v) is 15.5. The minimum absolute atomic E-state index is 0.0502. The first-order chi connectivity index (χ1) is 12.3. The molecule has 0 saturated heterocycles. The van der Waals surface area contributed by atoms with Crippen molar-refractivity contribution < 1.29 is 14.0 Å². The smallest absolute Gasteiger partial charge is 0.253 e. The zero-order valence-electron chi connectivity index (χ0n) is 14.6. The molecule has 0 bridgehead atoms. The van der Waals surface area contributed by atoms with Gasteiger partial charge in [0.15, 0.2) is 11.6 Å². The van der Waals surface area contributed by atoms with Crippen LogP contribution in [0, 0.1) is 11.7 Å². The van der Waals surface area contributed by atoms with Crippen LogP contribution in [-0.2, 0) is 11.3 Å². The molecule has 1 aromatic rings. The van der Waals surface area contributed by atoms with Crippen molar-refractivity contribution in [3.05, 3.63) is 33.7 Å². The number of fused-ring (bicyclic) bond motifs is 1. The second-order valence-electron chi connectivity index (χ2n) is 6.87. The van der Waals surface area contributed by atoms with Crippen LogP contribution in [-0.4, -0.2) is 22.8 Å². The Labute approximate surface area is 155 Å². The van der Waals surface area contributed by atoms with Crippen molar-refractivity contribution >= 4 is 29.4 Å². The number of nitrogens with two attached hydrogens (primary N) is 2. The van der Waals surface area contributed by atoms with Crippen LogP contribution in [0.4, 0.5) is 10.2 Å². The van der Waals surface area contributed by atoms with Gasteiger partial charge in [0, 0.05) is 12.1 Å². The van der Waals surface area contributed by atoms with Crippen molar-refractivity contribution in [1.82, 2.24) is 10.3 Å². The number of nitrogens with zero attached hydrogens (tertiary/aromatic N) is 1. The van der Waals surface area contributed by atoms with E-state index < -0.39 is 17.8 Å². The van der Waals surface area contributed by atoms with E-state index in [0.717, 1.165) is 0 Å². The number of anilines is 1. The predicted octanol–water partition coefficient (Wildman–Crippen LogP) is 1.75. The Morgan fingerprint density at radius 1 is 1.54 bits per heavy atom. The topological polar surface area (TPSA) is 123 Å². The molecule has 1 unspecified atom stereocenters. The summed E-state index contributed by atoms with van der Waals surface area (Å²) in [5.41, 5.74) is 12.3. The molecule has 9 heteroatoms. The normalized spacial score (nSPS) is 19.9. The Kier molecular flexibility index (Phi) is 5.08. The number of aromatic nitrogens is 1. The van der Waals surface area contributed by atoms with Gasteiger partial charge in [0.1, 0.15) is 6.04 Å². The van der Waals surface area contributed by atoms with Gasteiger partial charge in [-0.1, -0.05) is 31.7 Å². The molecule has 0 saturated carbocycles. The fourth-order valence-electron chi connectivity index (χ4n) is 3.17. The lowest BCUT2D eigenvalue weighted by Gasteiger charge is -2.21. The minimum Gasteiger partial charge on any atom is -0.394 e. The van der Waals surface area contributed by atoms with E-state index in [1.165, 1.54) is 11.8 Å². The molecule has 3 rings (SSSR count). The molecule has 7 nitrogen and oxygen atoms in total. The third-order valence-corrected chi connectivity index (χ3v) is 5.53. The van der Waals surface area contributed by atoms with Gasteiger partial charge in [0.25, 0.3) is 5.91 Å². The third-order valence-electron chi connectivity index (χ3n) is 4.39. The fraction of sp³-hybridized carbons (Fsp3) is 0.471. The van der Waals surface area contributed by atoms with Gasteiger partial charge in [-0.05, 0) is 18.8 Å². The number of primary amides is 1. The van der Waals surface area contributed by atoms with Crippen molar-refractivity contribution in [3.63, 3.8) is 0 Å². The molecule has 1 aromatic heterocycles. The first kappa shape index (κ1) is 18.5. The summed E-state index contributed by atoms with van der Waals surface area (Å²) >= 11 is 1.39. The van der Waals surface area contributed by atoms with Gasteiger partial charge in [-0.3, -0.25) is 9.59 Å². The van der Waals surface area contributed by atoms with Gasteiger partial charge in [0.2, 0.25) is 5.91 Å². The maximum Gasteiger partial charge on any atom is 0.253 e. The number of allylic oxidation sites excluding steroid dienone is 1. The summed E-state index contributed by atoms with van der Waals surface area (Å²) in [5.74, 6) is -1.40. The van der Waals surface area contributed by atoms with E-state index in [1.54, 1.807) is 0 Å². The Morgan fingerprint density at radius 3 is 2.85 bits per heavy atom. The van der Waals surface area contributed by atoms with Crippen LogP contribution in [0.15, 0.2) is 11.1 Å². The highest BCUT2D eigenvalue weighted by Crippen LogP contribution is 2.44. The molecule has 140 valence electrons. The number of carbonyl (C=O) groups excluding carboxylic acids is 2. The summed E-state index contributed by atoms with van der Waals surface area (Å²) in [6.07, 6.45) is 2.92. The summed E-state index contributed by atoms with van der Waals surface area (Å²) < 4.78 is 14.9. The highest BCUT2D eigenvalue weighted by atomic mass is 32.2. The van der Waals surface area contributed by atoms with Crippen molar-refractivity contribution in [1.29, 1.82) is 0 Å². The molecule has 0 aliphatic carbocycles. The van der Waals surface area contributed by atoms with Gasteiger partial charge in [-0.2, -0.15) is 0 Å². The number of halogens is 1. The molecule has 0 fully saturated rings. The number of carbonyl (C=O) groups is 2. The van der Waals surface area contributed by atoms with Crippen LogP contribution < -0.4 is 22.1 Å². The summed E-state index contributed by atoms with van der Waals surface area (Å²) in [6.45, 7) is 3.99. The third kappa shape index (κ3) is 3.48. The zero-order chi connectivity index (χ0) is 19.0. The molecule has 0 aromatic carbocycles. The number of rotatable bonds is 6. The molecule has 2 atom stereocenters. The van der Waals surface area contributed by atoms with Crippen LogP contribution in [0.5, 0.6) is 0 Å². The molecule has 2 amide bonds. The monoisotopic (exact) mass is 379 g/mol. The molecule has 3 heterocycles. The maximum absolute atomic E-state index is 14.9. The van der Waals surface area contributed by atoms with Gasteiger partial charge >= 0.3 is 0 Å². The number of hydrogen-bond donors (Lipinski definition) is 4. The molecule has 0 radical (unpaired) electrons. The average molecular weight is 379 g/mol. The van der Waals surface area contributed by atoms with E-state index in [4.69, 9.17) is 11.5 Å². The number of thioether (sulfide) groups is 1. The van der Waals surface area contributed by atoms with Crippen LogP contribution in [0.2, 0.25) is 0 Å². The summed E-state index contributed by atoms with van der Waals surface area (Å²) in [4.78, 5) is 28.3. The Balaban J connectivity index is 2.01. The van der Waals surface area contributed by atoms with Crippen LogP contribution in [0.1, 0.15) is 53.6 Å². The van der Waals surface area contributed by atoms with E-state index in [2.05, 4.69) is 15.6 Å². The Morgan fingerprint density at radius 2 is 2.27 bits per heavy atom. The number of hydrogen-bond acceptors (Lipinski definition) is 6. The van der Waals surface area contributed by atoms with E-state index in [9.17, 15) is 14.0 Å². The SMILES string of the molecule is CC(C)C[C@@H](Nc1nc(C2CC=C(N)S2)c2c(c1F)CNC2=O)C(N)=O. The molecule has 0 spiro atoms. The van der Waals surface area contributed by atoms with Crippen LogP contribution in [0.3, 0.4) is 0 Å². The number of nitrogens with one attached hydrogen (secondary N) is 2. The highest BCUT2D eigenvalue weighted by Gasteiger charge is 2.34. The van der Waals surface area contributed by atoms with Crippen LogP contribution >= 0.6 is 11.8 Å². The molecular formula is C17H22FN5O2S. The largest absolute Gasteiger partial charge is 0.394 e. The van der Waals surface area contributed by atoms with Gasteiger partial charge < -0.3 is 22.1 Å². The average Bonchev–Trinajstić information content (AvgIpc) is 3.15. The lowest BCUT2D eigenvalue weighted by Crippen LogP contribution is -2.37. The van der Waals surface area contributed by atoms with Crippen molar-refractivity contribution in [2.24, 2.45) is 17.4 Å². The van der Waals surface area contributed by atoms with Crippen molar-refractivity contribution in [3.8, 4) is 0 Å². The summed E-state index contributed by atoms with van der Waals surface area (Å²) in [7, 11) is 0. The molecule has 26 heavy (non-hydrogen) atoms. The number of pyridine rings is 1. The first-order valence-corrected chi connectivity index (χ1v) is 9.34. The second-order valence-corrected chi connectivity index (χ2v) is 8.15. The summed E-state index contributed by atoms with van der Waals surface area (Å²) in [5, 5.41) is 5.97. The van der Waals surface area contributed by atoms with Gasteiger partial charge in [0.05, 0.1) is 21.5 Å². The summed E-state index contributed by atoms with van der Waals surface area (Å²) in [6, 6.07) is -0.743. The Hall–Kier alpha value is -2.29. The molecular weight excluding hydrogens is 357 g/mol. The number of amides is 2. The van der Waals surface area contributed by atoms with Crippen molar-refractivity contribution in [2.45, 2.75) is 44.5 Å². The van der Waals surface area contributed by atoms with E-state index >= 15 is 0 Å². The molecule has 6 N–H and O–H groups in total. The lowest BCUT2D eigenvalue weighted by atomic mass is 10.0. The minimum atomic E-state index is -0.743. The maximum atomic E-state index is 14.9. The van der Waals surface area contributed by atoms with Gasteiger partial charge in [-0.25, -0.2) is 9.37 Å². The van der Waals surface area contributed by atoms with E-state index in [1.807, 2.05) is 19.9 Å². The van der Waals surface area contributed by atoms with Gasteiger partial charge in [-0.15, -0.1) is 0 Å². The lowest BCUT2D eigenvalue weighted by molar-refractivity contribution is -0.119. The standard InChI is InChI=1S/C17H22FN5O2S/c1-7(2)5-9(15(20)24)22-16-13(18)8-6-21-17(25)12(8)14(23-16)10-3-4-11(19)26-10/h4,7,9-10H,3,5-6,19H2,1-2H3,(H2,20,24)(H,21,25)(H,22,23)/t9-,10?/m1/s1. The Bertz CT molecular complexity index is 796. The highest BCUT2D eigenvalue weighted by molar-refractivity contribution is 8.03. The molecule has 2 aliphatic rings. The first-order valence-electron chi connectivity index (χ1n) is 8.46. The van der Waals surface area contributed by atoms with Crippen LogP contribution in [0.25, 0.3) is 0 Å².